The third kappa shape index (κ3) is 5.99. The zero-order valence-electron chi connectivity index (χ0n) is 15.7. The number of ether oxygens (including phenoxy) is 2. The van der Waals surface area contributed by atoms with Crippen LogP contribution in [-0.2, 0) is 11.2 Å². The summed E-state index contributed by atoms with van der Waals surface area (Å²) in [6, 6.07) is 24.6. The summed E-state index contributed by atoms with van der Waals surface area (Å²) in [5, 5.41) is 3.97. The van der Waals surface area contributed by atoms with E-state index in [0.717, 1.165) is 17.7 Å². The Bertz CT molecular complexity index is 922. The van der Waals surface area contributed by atoms with Crippen molar-refractivity contribution in [1.82, 2.24) is 5.43 Å². The predicted molar refractivity (Wildman–Crippen MR) is 110 cm³/mol. The minimum absolute atomic E-state index is 0.0973. The summed E-state index contributed by atoms with van der Waals surface area (Å²) in [4.78, 5) is 11.9. The van der Waals surface area contributed by atoms with Gasteiger partial charge in [0.25, 0.3) is 5.91 Å². The van der Waals surface area contributed by atoms with Gasteiger partial charge >= 0.3 is 0 Å². The van der Waals surface area contributed by atoms with Crippen LogP contribution in [0.25, 0.3) is 0 Å². The van der Waals surface area contributed by atoms with Crippen molar-refractivity contribution in [1.29, 1.82) is 0 Å². The van der Waals surface area contributed by atoms with Gasteiger partial charge in [-0.15, -0.1) is 0 Å². The lowest BCUT2D eigenvalue weighted by molar-refractivity contribution is -0.123. The molecule has 142 valence electrons. The smallest absolute Gasteiger partial charge is 0.277 e. The van der Waals surface area contributed by atoms with Crippen molar-refractivity contribution in [3.63, 3.8) is 0 Å². The lowest BCUT2D eigenvalue weighted by Gasteiger charge is -2.06. The van der Waals surface area contributed by atoms with Crippen LogP contribution in [0.1, 0.15) is 18.1 Å². The first-order valence-corrected chi connectivity index (χ1v) is 9.09. The van der Waals surface area contributed by atoms with Crippen LogP contribution in [0, 0.1) is 0 Å². The quantitative estimate of drug-likeness (QED) is 0.464. The molecular weight excluding hydrogens is 352 g/mol. The Kier molecular flexibility index (Phi) is 6.79. The van der Waals surface area contributed by atoms with Crippen LogP contribution in [0.4, 0.5) is 0 Å². The zero-order valence-corrected chi connectivity index (χ0v) is 15.7. The molecule has 3 rings (SSSR count). The molecule has 0 atom stereocenters. The van der Waals surface area contributed by atoms with Gasteiger partial charge in [0, 0.05) is 0 Å². The molecule has 0 heterocycles. The van der Waals surface area contributed by atoms with E-state index in [2.05, 4.69) is 17.5 Å². The molecule has 1 N–H and O–H groups in total. The first kappa shape index (κ1) is 19.2. The molecule has 0 radical (unpaired) electrons. The fourth-order valence-electron chi connectivity index (χ4n) is 2.46. The van der Waals surface area contributed by atoms with Gasteiger partial charge in [-0.25, -0.2) is 5.43 Å². The number of nitrogens with one attached hydrogen (secondary N) is 1. The van der Waals surface area contributed by atoms with E-state index in [1.165, 1.54) is 5.56 Å². The number of hydrogen-bond acceptors (Lipinski definition) is 4. The Hall–Kier alpha value is -3.60. The molecule has 0 aliphatic carbocycles. The van der Waals surface area contributed by atoms with Crippen molar-refractivity contribution in [3.05, 3.63) is 90.0 Å². The lowest BCUT2D eigenvalue weighted by Crippen LogP contribution is -2.24. The number of hydrogen-bond donors (Lipinski definition) is 1. The van der Waals surface area contributed by atoms with Crippen molar-refractivity contribution in [2.24, 2.45) is 5.10 Å². The molecule has 1 amide bonds. The van der Waals surface area contributed by atoms with Crippen LogP contribution in [-0.4, -0.2) is 18.7 Å². The second-order valence-electron chi connectivity index (χ2n) is 6.07. The average molecular weight is 374 g/mol. The normalized spacial score (nSPS) is 10.6. The van der Waals surface area contributed by atoms with E-state index in [-0.39, 0.29) is 12.5 Å². The lowest BCUT2D eigenvalue weighted by atomic mass is 10.2. The van der Waals surface area contributed by atoms with E-state index in [1.54, 1.807) is 6.21 Å². The molecule has 5 nitrogen and oxygen atoms in total. The minimum atomic E-state index is -0.326. The molecule has 5 heteroatoms. The molecule has 28 heavy (non-hydrogen) atoms. The molecule has 0 aromatic heterocycles. The van der Waals surface area contributed by atoms with Gasteiger partial charge in [0.2, 0.25) is 0 Å². The number of nitrogens with zero attached hydrogens (tertiary/aromatic N) is 1. The average Bonchev–Trinajstić information content (AvgIpc) is 2.74. The highest BCUT2D eigenvalue weighted by molar-refractivity contribution is 5.83. The second kappa shape index (κ2) is 9.92. The number of hydrazone groups is 1. The fraction of sp³-hybridized carbons (Fsp3) is 0.130. The highest BCUT2D eigenvalue weighted by Crippen LogP contribution is 2.21. The Labute approximate surface area is 164 Å². The molecule has 3 aromatic carbocycles. The molecule has 0 saturated heterocycles. The monoisotopic (exact) mass is 374 g/mol. The maximum absolute atomic E-state index is 11.9. The number of carbonyl (C=O) groups is 1. The van der Waals surface area contributed by atoms with Crippen molar-refractivity contribution in [2.45, 2.75) is 13.3 Å². The summed E-state index contributed by atoms with van der Waals surface area (Å²) in [5.41, 5.74) is 4.49. The van der Waals surface area contributed by atoms with Crippen molar-refractivity contribution >= 4 is 12.1 Å². The SMILES string of the molecule is CCc1ccc(OCC(=O)NN=Cc2cccc(Oc3ccccc3)c2)cc1. The Morgan fingerprint density at radius 1 is 0.929 bits per heavy atom. The van der Waals surface area contributed by atoms with Gasteiger partial charge in [-0.3, -0.25) is 4.79 Å². The Morgan fingerprint density at radius 3 is 2.43 bits per heavy atom. The molecule has 0 aliphatic heterocycles. The van der Waals surface area contributed by atoms with Gasteiger partial charge in [-0.05, 0) is 53.9 Å². The molecule has 0 aliphatic rings. The summed E-state index contributed by atoms with van der Waals surface area (Å²) in [6.45, 7) is 1.99. The number of aryl methyl sites for hydroxylation is 1. The fourth-order valence-corrected chi connectivity index (χ4v) is 2.46. The predicted octanol–water partition coefficient (Wildman–Crippen LogP) is 4.57. The summed E-state index contributed by atoms with van der Waals surface area (Å²) in [5.74, 6) is 1.78. The summed E-state index contributed by atoms with van der Waals surface area (Å²) >= 11 is 0. The van der Waals surface area contributed by atoms with E-state index < -0.39 is 0 Å². The van der Waals surface area contributed by atoms with Crippen LogP contribution in [0.2, 0.25) is 0 Å². The Balaban J connectivity index is 1.48. The van der Waals surface area contributed by atoms with Crippen LogP contribution >= 0.6 is 0 Å². The summed E-state index contributed by atoms with van der Waals surface area (Å²) < 4.78 is 11.2. The molecule has 0 saturated carbocycles. The molecule has 0 fully saturated rings. The molecule has 3 aromatic rings. The minimum Gasteiger partial charge on any atom is -0.484 e. The first-order valence-electron chi connectivity index (χ1n) is 9.09. The van der Waals surface area contributed by atoms with Gasteiger partial charge in [0.15, 0.2) is 6.61 Å². The van der Waals surface area contributed by atoms with Gasteiger partial charge in [-0.2, -0.15) is 5.10 Å². The topological polar surface area (TPSA) is 59.9 Å². The highest BCUT2D eigenvalue weighted by Gasteiger charge is 2.02. The van der Waals surface area contributed by atoms with Crippen LogP contribution in [0.3, 0.4) is 0 Å². The maximum Gasteiger partial charge on any atom is 0.277 e. The van der Waals surface area contributed by atoms with Gasteiger partial charge in [0.05, 0.1) is 6.21 Å². The third-order valence-electron chi connectivity index (χ3n) is 3.94. The summed E-state index contributed by atoms with van der Waals surface area (Å²) in [6.07, 6.45) is 2.53. The zero-order chi connectivity index (χ0) is 19.6. The number of rotatable bonds is 8. The van der Waals surface area contributed by atoms with Crippen LogP contribution < -0.4 is 14.9 Å². The number of para-hydroxylation sites is 1. The van der Waals surface area contributed by atoms with E-state index in [1.807, 2.05) is 78.9 Å². The van der Waals surface area contributed by atoms with E-state index in [0.29, 0.717) is 11.5 Å². The molecule has 0 unspecified atom stereocenters. The van der Waals surface area contributed by atoms with Crippen molar-refractivity contribution < 1.29 is 14.3 Å². The second-order valence-corrected chi connectivity index (χ2v) is 6.07. The standard InChI is InChI=1S/C23H22N2O3/c1-2-18-11-13-20(14-12-18)27-17-23(26)25-24-16-19-7-6-10-22(15-19)28-21-8-4-3-5-9-21/h3-16H,2,17H2,1H3,(H,25,26). The van der Waals surface area contributed by atoms with E-state index in [9.17, 15) is 4.79 Å². The highest BCUT2D eigenvalue weighted by atomic mass is 16.5. The number of carbonyl (C=O) groups excluding carboxylic acids is 1. The van der Waals surface area contributed by atoms with Crippen LogP contribution in [0.15, 0.2) is 84.0 Å². The maximum atomic E-state index is 11.9. The molecule has 0 bridgehead atoms. The Morgan fingerprint density at radius 2 is 1.68 bits per heavy atom. The molecule has 0 spiro atoms. The first-order chi connectivity index (χ1) is 13.7. The number of benzene rings is 3. The van der Waals surface area contributed by atoms with Crippen molar-refractivity contribution in [3.8, 4) is 17.2 Å². The molecular formula is C23H22N2O3. The van der Waals surface area contributed by atoms with Crippen LogP contribution in [0.5, 0.6) is 17.2 Å². The van der Waals surface area contributed by atoms with E-state index >= 15 is 0 Å². The van der Waals surface area contributed by atoms with Crippen molar-refractivity contribution in [2.75, 3.05) is 6.61 Å². The largest absolute Gasteiger partial charge is 0.484 e. The van der Waals surface area contributed by atoms with Gasteiger partial charge in [0.1, 0.15) is 17.2 Å². The number of amides is 1. The third-order valence-corrected chi connectivity index (χ3v) is 3.94. The van der Waals surface area contributed by atoms with Gasteiger partial charge in [-0.1, -0.05) is 49.4 Å². The van der Waals surface area contributed by atoms with Gasteiger partial charge < -0.3 is 9.47 Å². The van der Waals surface area contributed by atoms with E-state index in [4.69, 9.17) is 9.47 Å². The summed E-state index contributed by atoms with van der Waals surface area (Å²) in [7, 11) is 0.